The molecule has 3 amide bonds. The van der Waals surface area contributed by atoms with E-state index in [0.29, 0.717) is 5.56 Å². The zero-order valence-corrected chi connectivity index (χ0v) is 19.2. The predicted molar refractivity (Wildman–Crippen MR) is 124 cm³/mol. The van der Waals surface area contributed by atoms with Crippen molar-refractivity contribution in [3.63, 3.8) is 0 Å². The Hall–Kier alpha value is -3.88. The van der Waals surface area contributed by atoms with Crippen molar-refractivity contribution in [2.45, 2.75) is 38.6 Å². The molecule has 0 radical (unpaired) electrons. The minimum absolute atomic E-state index is 0.0514. The summed E-state index contributed by atoms with van der Waals surface area (Å²) in [6.07, 6.45) is 2.78. The lowest BCUT2D eigenvalue weighted by Gasteiger charge is -2.36. The molecule has 9 nitrogen and oxygen atoms in total. The number of imide groups is 1. The third kappa shape index (κ3) is 3.62. The molecule has 35 heavy (non-hydrogen) atoms. The highest BCUT2D eigenvalue weighted by Crippen LogP contribution is 2.56. The third-order valence-corrected chi connectivity index (χ3v) is 7.70. The summed E-state index contributed by atoms with van der Waals surface area (Å²) < 4.78 is 0. The van der Waals surface area contributed by atoms with Gasteiger partial charge in [-0.1, -0.05) is 37.3 Å². The number of carbonyl (C=O) groups is 4. The summed E-state index contributed by atoms with van der Waals surface area (Å²) in [6, 6.07) is 12.3. The molecule has 9 heteroatoms. The fourth-order valence-corrected chi connectivity index (χ4v) is 6.10. The number of hydrogen-bond donors (Lipinski definition) is 0. The molecule has 1 aliphatic heterocycles. The van der Waals surface area contributed by atoms with Crippen LogP contribution in [0.25, 0.3) is 0 Å². The van der Waals surface area contributed by atoms with Crippen molar-refractivity contribution in [1.82, 2.24) is 10.0 Å². The summed E-state index contributed by atoms with van der Waals surface area (Å²) in [4.78, 5) is 65.0. The average molecular weight is 476 g/mol. The average Bonchev–Trinajstić information content (AvgIpc) is 3.56. The van der Waals surface area contributed by atoms with Gasteiger partial charge in [0.15, 0.2) is 5.78 Å². The van der Waals surface area contributed by atoms with Gasteiger partial charge in [-0.25, -0.2) is 5.01 Å². The van der Waals surface area contributed by atoms with Crippen LogP contribution in [0.1, 0.15) is 53.3 Å². The van der Waals surface area contributed by atoms with Crippen LogP contribution in [0.5, 0.6) is 0 Å². The maximum Gasteiger partial charge on any atom is 0.273 e. The minimum Gasteiger partial charge on any atom is -0.292 e. The van der Waals surface area contributed by atoms with Crippen LogP contribution in [0.15, 0.2) is 54.6 Å². The standard InChI is InChI=1S/C26H25N3O6/c1-2-20(23(30)15-6-4-3-5-7-15)27(24(31)16-10-12-19(13-11-16)29(34)35)28-25(32)21-17-8-9-18(14-17)22(21)26(28)33/h3-7,10-13,17-18,20-22H,2,8-9,14H2,1H3/t17-,18-,20+,21+,22+/m0/s1. The fraction of sp³-hybridized carbons (Fsp3) is 0.385. The molecular formula is C26H25N3O6. The Balaban J connectivity index is 1.57. The van der Waals surface area contributed by atoms with Gasteiger partial charge in [0.2, 0.25) is 0 Å². The van der Waals surface area contributed by atoms with Crippen molar-refractivity contribution in [3.05, 3.63) is 75.8 Å². The Morgan fingerprint density at radius 1 is 0.971 bits per heavy atom. The first-order valence-electron chi connectivity index (χ1n) is 11.9. The number of amides is 3. The van der Waals surface area contributed by atoms with Crippen LogP contribution in [0.2, 0.25) is 0 Å². The molecule has 2 bridgehead atoms. The molecule has 2 aromatic rings. The molecule has 0 N–H and O–H groups in total. The SMILES string of the molecule is CC[C@H](C(=O)c1ccccc1)N(C(=O)c1ccc([N+](=O)[O-])cc1)N1C(=O)[C@@H]2[C@H]3CC[C@@H](C3)[C@H]2C1=O. The number of non-ortho nitro benzene ring substituents is 1. The van der Waals surface area contributed by atoms with E-state index in [9.17, 15) is 29.3 Å². The minimum atomic E-state index is -1.09. The summed E-state index contributed by atoms with van der Waals surface area (Å²) in [5, 5.41) is 13.0. The van der Waals surface area contributed by atoms with Crippen LogP contribution in [-0.2, 0) is 9.59 Å². The van der Waals surface area contributed by atoms with Gasteiger partial charge in [-0.2, -0.15) is 5.01 Å². The Bertz CT molecular complexity index is 1180. The summed E-state index contributed by atoms with van der Waals surface area (Å²) in [5.41, 5.74) is 0.218. The van der Waals surface area contributed by atoms with Crippen molar-refractivity contribution in [3.8, 4) is 0 Å². The van der Waals surface area contributed by atoms with E-state index in [1.54, 1.807) is 37.3 Å². The first-order chi connectivity index (χ1) is 16.8. The van der Waals surface area contributed by atoms with E-state index in [1.807, 2.05) is 0 Å². The number of hydrazine groups is 1. The zero-order chi connectivity index (χ0) is 24.9. The lowest BCUT2D eigenvalue weighted by molar-refractivity contribution is -0.384. The molecule has 1 saturated heterocycles. The highest BCUT2D eigenvalue weighted by atomic mass is 16.6. The van der Waals surface area contributed by atoms with Crippen molar-refractivity contribution in [1.29, 1.82) is 0 Å². The number of rotatable bonds is 7. The van der Waals surface area contributed by atoms with Crippen LogP contribution in [0.4, 0.5) is 5.69 Å². The molecular weight excluding hydrogens is 450 g/mol. The Morgan fingerprint density at radius 2 is 1.54 bits per heavy atom. The van der Waals surface area contributed by atoms with Gasteiger partial charge in [0.25, 0.3) is 23.4 Å². The van der Waals surface area contributed by atoms with Crippen LogP contribution < -0.4 is 0 Å². The maximum atomic E-state index is 13.8. The van der Waals surface area contributed by atoms with Gasteiger partial charge in [0.05, 0.1) is 16.8 Å². The Morgan fingerprint density at radius 3 is 2.06 bits per heavy atom. The molecule has 0 aromatic heterocycles. The van der Waals surface area contributed by atoms with Gasteiger partial charge >= 0.3 is 0 Å². The summed E-state index contributed by atoms with van der Waals surface area (Å²) in [6.45, 7) is 1.72. The molecule has 5 rings (SSSR count). The number of ketones is 1. The first-order valence-corrected chi connectivity index (χ1v) is 11.9. The maximum absolute atomic E-state index is 13.8. The number of nitrogens with zero attached hydrogens (tertiary/aromatic N) is 3. The topological polar surface area (TPSA) is 118 Å². The number of fused-ring (bicyclic) bond motifs is 5. The molecule has 3 aliphatic rings. The molecule has 2 aliphatic carbocycles. The summed E-state index contributed by atoms with van der Waals surface area (Å²) in [5.74, 6) is -2.64. The van der Waals surface area contributed by atoms with E-state index in [2.05, 4.69) is 0 Å². The molecule has 3 fully saturated rings. The largest absolute Gasteiger partial charge is 0.292 e. The first kappa shape index (κ1) is 22.9. The van der Waals surface area contributed by atoms with Gasteiger partial charge in [-0.05, 0) is 49.7 Å². The van der Waals surface area contributed by atoms with E-state index >= 15 is 0 Å². The Kier molecular flexibility index (Phi) is 5.70. The van der Waals surface area contributed by atoms with Crippen LogP contribution >= 0.6 is 0 Å². The molecule has 0 unspecified atom stereocenters. The highest BCUT2D eigenvalue weighted by Gasteiger charge is 2.63. The number of benzene rings is 2. The van der Waals surface area contributed by atoms with Crippen LogP contribution in [-0.4, -0.2) is 44.5 Å². The number of nitro benzene ring substituents is 1. The second kappa shape index (κ2) is 8.72. The van der Waals surface area contributed by atoms with Crippen LogP contribution in [0.3, 0.4) is 0 Å². The highest BCUT2D eigenvalue weighted by molar-refractivity contribution is 6.11. The smallest absolute Gasteiger partial charge is 0.273 e. The fourth-order valence-electron chi connectivity index (χ4n) is 6.10. The molecule has 2 saturated carbocycles. The quantitative estimate of drug-likeness (QED) is 0.261. The van der Waals surface area contributed by atoms with Crippen molar-refractivity contribution >= 4 is 29.2 Å². The number of hydrogen-bond acceptors (Lipinski definition) is 6. The van der Waals surface area contributed by atoms with Gasteiger partial charge < -0.3 is 0 Å². The van der Waals surface area contributed by atoms with E-state index < -0.39 is 40.5 Å². The monoisotopic (exact) mass is 475 g/mol. The Labute approximate surface area is 201 Å². The normalized spacial score (nSPS) is 25.5. The summed E-state index contributed by atoms with van der Waals surface area (Å²) in [7, 11) is 0. The summed E-state index contributed by atoms with van der Waals surface area (Å²) >= 11 is 0. The number of nitro groups is 1. The van der Waals surface area contributed by atoms with E-state index in [0.717, 1.165) is 29.3 Å². The van der Waals surface area contributed by atoms with Gasteiger partial charge in [0, 0.05) is 23.3 Å². The van der Waals surface area contributed by atoms with E-state index in [4.69, 9.17) is 0 Å². The third-order valence-electron chi connectivity index (χ3n) is 7.70. The second-order valence-corrected chi connectivity index (χ2v) is 9.48. The van der Waals surface area contributed by atoms with Gasteiger partial charge in [0.1, 0.15) is 6.04 Å². The van der Waals surface area contributed by atoms with Crippen LogP contribution in [0, 0.1) is 33.8 Å². The van der Waals surface area contributed by atoms with E-state index in [1.165, 1.54) is 24.3 Å². The molecule has 180 valence electrons. The predicted octanol–water partition coefficient (Wildman–Crippen LogP) is 3.64. The van der Waals surface area contributed by atoms with Crippen molar-refractivity contribution in [2.24, 2.45) is 23.7 Å². The lowest BCUT2D eigenvalue weighted by Crippen LogP contribution is -2.57. The van der Waals surface area contributed by atoms with Gasteiger partial charge in [-0.3, -0.25) is 29.3 Å². The van der Waals surface area contributed by atoms with Crippen molar-refractivity contribution in [2.75, 3.05) is 0 Å². The molecule has 2 aromatic carbocycles. The number of Topliss-reactive ketones (excluding diaryl/α,β-unsaturated/α-hetero) is 1. The molecule has 1 heterocycles. The van der Waals surface area contributed by atoms with E-state index in [-0.39, 0.29) is 35.3 Å². The zero-order valence-electron chi connectivity index (χ0n) is 19.2. The van der Waals surface area contributed by atoms with Crippen molar-refractivity contribution < 1.29 is 24.1 Å². The van der Waals surface area contributed by atoms with Gasteiger partial charge in [-0.15, -0.1) is 0 Å². The lowest BCUT2D eigenvalue weighted by atomic mass is 9.81. The molecule has 0 spiro atoms. The second-order valence-electron chi connectivity index (χ2n) is 9.48. The number of carbonyl (C=O) groups excluding carboxylic acids is 4. The molecule has 5 atom stereocenters.